The number of nitrogens with one attached hydrogen (secondary N) is 1. The summed E-state index contributed by atoms with van der Waals surface area (Å²) in [6, 6.07) is 12.4. The monoisotopic (exact) mass is 416 g/mol. The minimum atomic E-state index is -0.453. The molecular formula is C19H17BrN2O4. The van der Waals surface area contributed by atoms with Gasteiger partial charge in [0.2, 0.25) is 0 Å². The average Bonchev–Trinajstić information content (AvgIpc) is 2.89. The van der Waals surface area contributed by atoms with E-state index in [-0.39, 0.29) is 18.1 Å². The van der Waals surface area contributed by atoms with Crippen molar-refractivity contribution in [3.8, 4) is 11.5 Å². The molecule has 2 aromatic rings. The summed E-state index contributed by atoms with van der Waals surface area (Å²) in [4.78, 5) is 26.0. The molecule has 0 spiro atoms. The smallest absolute Gasteiger partial charge is 0.329 e. The number of amides is 3. The Morgan fingerprint density at radius 1 is 1.12 bits per heavy atom. The standard InChI is InChI=1S/C19H17BrN2O4/c1-25-16-10-14(20)8-13(17(16)26-2)9-15-18(23)22(19(24)21-15)11-12-6-4-3-5-7-12/h3-10H,11H2,1-2H3,(H,21,24)/b15-9+. The highest BCUT2D eigenvalue weighted by Crippen LogP contribution is 2.36. The van der Waals surface area contributed by atoms with Gasteiger partial charge in [0, 0.05) is 10.0 Å². The van der Waals surface area contributed by atoms with Gasteiger partial charge in [-0.1, -0.05) is 46.3 Å². The third-order valence-corrected chi connectivity index (χ3v) is 4.38. The van der Waals surface area contributed by atoms with Gasteiger partial charge in [-0.3, -0.25) is 9.69 Å². The van der Waals surface area contributed by atoms with Crippen molar-refractivity contribution in [1.82, 2.24) is 10.2 Å². The predicted molar refractivity (Wildman–Crippen MR) is 101 cm³/mol. The minimum Gasteiger partial charge on any atom is -0.493 e. The van der Waals surface area contributed by atoms with Crippen LogP contribution in [0.4, 0.5) is 4.79 Å². The van der Waals surface area contributed by atoms with Crippen molar-refractivity contribution in [1.29, 1.82) is 0 Å². The van der Waals surface area contributed by atoms with E-state index in [0.717, 1.165) is 10.0 Å². The number of ether oxygens (including phenoxy) is 2. The molecule has 1 fully saturated rings. The lowest BCUT2D eigenvalue weighted by atomic mass is 10.1. The van der Waals surface area contributed by atoms with Crippen molar-refractivity contribution in [2.24, 2.45) is 0 Å². The number of carbonyl (C=O) groups excluding carboxylic acids is 2. The van der Waals surface area contributed by atoms with Gasteiger partial charge in [-0.25, -0.2) is 4.79 Å². The molecule has 2 aromatic carbocycles. The number of rotatable bonds is 5. The van der Waals surface area contributed by atoms with Gasteiger partial charge < -0.3 is 14.8 Å². The Hall–Kier alpha value is -2.80. The highest BCUT2D eigenvalue weighted by atomic mass is 79.9. The Balaban J connectivity index is 1.92. The summed E-state index contributed by atoms with van der Waals surface area (Å²) in [6.07, 6.45) is 1.58. The first-order chi connectivity index (χ1) is 12.5. The van der Waals surface area contributed by atoms with Crippen molar-refractivity contribution in [2.45, 2.75) is 6.54 Å². The summed E-state index contributed by atoms with van der Waals surface area (Å²) in [7, 11) is 3.05. The van der Waals surface area contributed by atoms with E-state index < -0.39 is 6.03 Å². The van der Waals surface area contributed by atoms with Gasteiger partial charge in [-0.2, -0.15) is 0 Å². The van der Waals surface area contributed by atoms with Crippen LogP contribution in [0.15, 0.2) is 52.6 Å². The zero-order valence-corrected chi connectivity index (χ0v) is 15.9. The van der Waals surface area contributed by atoms with Crippen LogP contribution in [0.3, 0.4) is 0 Å². The quantitative estimate of drug-likeness (QED) is 0.597. The number of nitrogens with zero attached hydrogens (tertiary/aromatic N) is 1. The Labute approximate surface area is 159 Å². The van der Waals surface area contributed by atoms with Crippen LogP contribution in [0.2, 0.25) is 0 Å². The van der Waals surface area contributed by atoms with E-state index in [0.29, 0.717) is 17.1 Å². The van der Waals surface area contributed by atoms with Crippen molar-refractivity contribution < 1.29 is 19.1 Å². The van der Waals surface area contributed by atoms with E-state index in [4.69, 9.17) is 9.47 Å². The van der Waals surface area contributed by atoms with E-state index in [1.807, 2.05) is 30.3 Å². The average molecular weight is 417 g/mol. The molecule has 1 N–H and O–H groups in total. The molecule has 0 radical (unpaired) electrons. The van der Waals surface area contributed by atoms with Gasteiger partial charge in [0.1, 0.15) is 5.70 Å². The zero-order chi connectivity index (χ0) is 18.7. The summed E-state index contributed by atoms with van der Waals surface area (Å²) in [6.45, 7) is 0.210. The normalized spacial score (nSPS) is 15.3. The molecular weight excluding hydrogens is 400 g/mol. The van der Waals surface area contributed by atoms with Crippen LogP contribution >= 0.6 is 15.9 Å². The molecule has 0 bridgehead atoms. The SMILES string of the molecule is COc1cc(Br)cc(/C=C2/NC(=O)N(Cc3ccccc3)C2=O)c1OC. The molecule has 1 saturated heterocycles. The Kier molecular flexibility index (Phi) is 5.27. The van der Waals surface area contributed by atoms with Crippen LogP contribution in [0, 0.1) is 0 Å². The molecule has 0 aromatic heterocycles. The zero-order valence-electron chi connectivity index (χ0n) is 14.3. The molecule has 0 aliphatic carbocycles. The first kappa shape index (κ1) is 18.0. The summed E-state index contributed by atoms with van der Waals surface area (Å²) < 4.78 is 11.5. The van der Waals surface area contributed by atoms with Crippen molar-refractivity contribution in [2.75, 3.05) is 14.2 Å². The highest BCUT2D eigenvalue weighted by molar-refractivity contribution is 9.10. The molecule has 1 heterocycles. The largest absolute Gasteiger partial charge is 0.493 e. The molecule has 134 valence electrons. The molecule has 1 aliphatic heterocycles. The number of halogens is 1. The highest BCUT2D eigenvalue weighted by Gasteiger charge is 2.33. The number of methoxy groups -OCH3 is 2. The molecule has 3 rings (SSSR count). The van der Waals surface area contributed by atoms with E-state index in [1.54, 1.807) is 18.2 Å². The fourth-order valence-electron chi connectivity index (χ4n) is 2.70. The van der Waals surface area contributed by atoms with E-state index in [2.05, 4.69) is 21.2 Å². The maximum atomic E-state index is 12.7. The predicted octanol–water partition coefficient (Wildman–Crippen LogP) is 3.56. The number of carbonyl (C=O) groups is 2. The van der Waals surface area contributed by atoms with E-state index in [1.165, 1.54) is 19.1 Å². The van der Waals surface area contributed by atoms with Crippen LogP contribution in [-0.2, 0) is 11.3 Å². The van der Waals surface area contributed by atoms with Gasteiger partial charge in [-0.15, -0.1) is 0 Å². The molecule has 0 saturated carbocycles. The summed E-state index contributed by atoms with van der Waals surface area (Å²) >= 11 is 3.40. The van der Waals surface area contributed by atoms with Gasteiger partial charge >= 0.3 is 6.03 Å². The second-order valence-corrected chi connectivity index (χ2v) is 6.51. The van der Waals surface area contributed by atoms with Crippen LogP contribution in [0.1, 0.15) is 11.1 Å². The van der Waals surface area contributed by atoms with E-state index in [9.17, 15) is 9.59 Å². The molecule has 0 atom stereocenters. The lowest BCUT2D eigenvalue weighted by Gasteiger charge is -2.12. The number of imide groups is 1. The van der Waals surface area contributed by atoms with Crippen molar-refractivity contribution >= 4 is 33.9 Å². The number of benzene rings is 2. The second-order valence-electron chi connectivity index (χ2n) is 5.60. The number of hydrogen-bond donors (Lipinski definition) is 1. The first-order valence-electron chi connectivity index (χ1n) is 7.83. The van der Waals surface area contributed by atoms with Crippen molar-refractivity contribution in [3.63, 3.8) is 0 Å². The van der Waals surface area contributed by atoms with Gasteiger partial charge in [0.05, 0.1) is 20.8 Å². The topological polar surface area (TPSA) is 67.9 Å². The molecule has 7 heteroatoms. The van der Waals surface area contributed by atoms with Crippen molar-refractivity contribution in [3.05, 3.63) is 63.8 Å². The van der Waals surface area contributed by atoms with Gasteiger partial charge in [0.15, 0.2) is 11.5 Å². The lowest BCUT2D eigenvalue weighted by molar-refractivity contribution is -0.123. The fourth-order valence-corrected chi connectivity index (χ4v) is 3.16. The van der Waals surface area contributed by atoms with Gasteiger partial charge in [0.25, 0.3) is 5.91 Å². The summed E-state index contributed by atoms with van der Waals surface area (Å²) in [5, 5.41) is 2.62. The molecule has 3 amide bonds. The lowest BCUT2D eigenvalue weighted by Crippen LogP contribution is -2.30. The molecule has 1 aliphatic rings. The van der Waals surface area contributed by atoms with Crippen LogP contribution in [0.25, 0.3) is 6.08 Å². The third kappa shape index (κ3) is 3.57. The van der Waals surface area contributed by atoms with Crippen LogP contribution < -0.4 is 14.8 Å². The number of urea groups is 1. The minimum absolute atomic E-state index is 0.185. The third-order valence-electron chi connectivity index (χ3n) is 3.92. The Morgan fingerprint density at radius 3 is 2.50 bits per heavy atom. The molecule has 26 heavy (non-hydrogen) atoms. The Bertz CT molecular complexity index is 881. The van der Waals surface area contributed by atoms with Gasteiger partial charge in [-0.05, 0) is 23.8 Å². The van der Waals surface area contributed by atoms with E-state index >= 15 is 0 Å². The van der Waals surface area contributed by atoms with Crippen LogP contribution in [-0.4, -0.2) is 31.1 Å². The first-order valence-corrected chi connectivity index (χ1v) is 8.62. The summed E-state index contributed by atoms with van der Waals surface area (Å²) in [5.41, 5.74) is 1.67. The number of hydrogen-bond acceptors (Lipinski definition) is 4. The van der Waals surface area contributed by atoms with Crippen LogP contribution in [0.5, 0.6) is 11.5 Å². The Morgan fingerprint density at radius 2 is 1.85 bits per heavy atom. The molecule has 0 unspecified atom stereocenters. The fraction of sp³-hybridized carbons (Fsp3) is 0.158. The molecule has 6 nitrogen and oxygen atoms in total. The maximum absolute atomic E-state index is 12.7. The maximum Gasteiger partial charge on any atom is 0.329 e. The summed E-state index contributed by atoms with van der Waals surface area (Å²) in [5.74, 6) is 0.609. The second kappa shape index (κ2) is 7.61.